The lowest BCUT2D eigenvalue weighted by Crippen LogP contribution is -2.51. The summed E-state index contributed by atoms with van der Waals surface area (Å²) in [7, 11) is 1.72. The molecule has 7 nitrogen and oxygen atoms in total. The number of benzene rings is 1. The van der Waals surface area contributed by atoms with Crippen LogP contribution in [0.1, 0.15) is 39.4 Å². The average molecular weight is 513 g/mol. The topological polar surface area (TPSA) is 76.8 Å². The highest BCUT2D eigenvalue weighted by atomic mass is 79.9. The van der Waals surface area contributed by atoms with Gasteiger partial charge < -0.3 is 9.64 Å². The van der Waals surface area contributed by atoms with E-state index in [9.17, 15) is 9.59 Å². The number of carbonyl (C=O) groups excluding carboxylic acids is 1. The molecule has 8 heteroatoms. The van der Waals surface area contributed by atoms with Gasteiger partial charge in [-0.05, 0) is 64.6 Å². The van der Waals surface area contributed by atoms with Gasteiger partial charge in [0.25, 0.3) is 5.56 Å². The summed E-state index contributed by atoms with van der Waals surface area (Å²) in [6, 6.07) is 5.44. The highest BCUT2D eigenvalue weighted by Gasteiger charge is 2.36. The summed E-state index contributed by atoms with van der Waals surface area (Å²) in [5.41, 5.74) is 0.742. The molecule has 1 amide bonds. The summed E-state index contributed by atoms with van der Waals surface area (Å²) in [4.78, 5) is 34.5. The van der Waals surface area contributed by atoms with Gasteiger partial charge in [-0.25, -0.2) is 9.78 Å². The van der Waals surface area contributed by atoms with Crippen molar-refractivity contribution in [2.24, 2.45) is 12.0 Å². The third-order valence-corrected chi connectivity index (χ3v) is 5.16. The van der Waals surface area contributed by atoms with Crippen LogP contribution in [0.2, 0.25) is 0 Å². The summed E-state index contributed by atoms with van der Waals surface area (Å²) in [6.07, 6.45) is 3.02. The molecule has 3 rings (SSSR count). The Morgan fingerprint density at radius 3 is 2.58 bits per heavy atom. The molecule has 0 saturated carbocycles. The van der Waals surface area contributed by atoms with Crippen LogP contribution >= 0.6 is 15.9 Å². The number of allylic oxidation sites excluding steroid dienone is 3. The third-order valence-electron chi connectivity index (χ3n) is 4.67. The van der Waals surface area contributed by atoms with Gasteiger partial charge in [0.05, 0.1) is 16.8 Å². The van der Waals surface area contributed by atoms with E-state index < -0.39 is 5.60 Å². The van der Waals surface area contributed by atoms with Crippen LogP contribution in [0.4, 0.5) is 4.79 Å². The fourth-order valence-electron chi connectivity index (χ4n) is 3.12. The smallest absolute Gasteiger partial charge is 0.410 e. The maximum Gasteiger partial charge on any atom is 0.410 e. The molecule has 0 aliphatic carbocycles. The fraction of sp³-hybridized carbons (Fsp3) is 0.360. The van der Waals surface area contributed by atoms with Gasteiger partial charge in [0.15, 0.2) is 0 Å². The number of carbonyl (C=O) groups is 1. The van der Waals surface area contributed by atoms with Crippen molar-refractivity contribution in [2.75, 3.05) is 13.1 Å². The Balaban J connectivity index is 0.000000365. The molecule has 1 aliphatic rings. The number of aromatic nitrogens is 2. The van der Waals surface area contributed by atoms with Gasteiger partial charge in [-0.15, -0.1) is 0 Å². The van der Waals surface area contributed by atoms with Gasteiger partial charge in [-0.1, -0.05) is 34.5 Å². The molecule has 1 aromatic heterocycles. The average Bonchev–Trinajstić information content (AvgIpc) is 2.69. The Labute approximate surface area is 203 Å². The van der Waals surface area contributed by atoms with Gasteiger partial charge >= 0.3 is 6.09 Å². The van der Waals surface area contributed by atoms with Gasteiger partial charge in [-0.2, -0.15) is 0 Å². The zero-order valence-electron chi connectivity index (χ0n) is 19.7. The molecular formula is C25H29BrN4O3. The van der Waals surface area contributed by atoms with E-state index in [1.807, 2.05) is 32.9 Å². The van der Waals surface area contributed by atoms with E-state index in [2.05, 4.69) is 51.0 Å². The molecule has 33 heavy (non-hydrogen) atoms. The van der Waals surface area contributed by atoms with Gasteiger partial charge in [0, 0.05) is 24.6 Å². The number of rotatable bonds is 3. The maximum atomic E-state index is 12.5. The van der Waals surface area contributed by atoms with Crippen LogP contribution in [-0.4, -0.2) is 46.0 Å². The monoisotopic (exact) mass is 512 g/mol. The summed E-state index contributed by atoms with van der Waals surface area (Å²) >= 11 is 3.41. The minimum Gasteiger partial charge on any atom is -0.444 e. The molecule has 0 atom stereocenters. The number of aliphatic imine (C=N–C) groups is 1. The van der Waals surface area contributed by atoms with E-state index in [-0.39, 0.29) is 17.6 Å². The first kappa shape index (κ1) is 26.1. The first-order valence-electron chi connectivity index (χ1n) is 10.4. The van der Waals surface area contributed by atoms with Crippen molar-refractivity contribution in [1.82, 2.24) is 14.5 Å². The number of halogens is 1. The second kappa shape index (κ2) is 11.1. The molecule has 1 aromatic carbocycles. The molecule has 0 bridgehead atoms. The standard InChI is InChI=1S/C17H20BrN3O3.C8H9N/c1-17(2,3)24-16(23)21-8-10(9-21)14-19-13-7-11(18)5-6-12(13)15(22)20(14)4;1-4-6-8(9-3)7-5-2/h5-7,10H,8-9H2,1-4H3;4,6H,1,3H2,2H3/b;8-6-. The highest BCUT2D eigenvalue weighted by Crippen LogP contribution is 2.28. The molecule has 1 aliphatic heterocycles. The number of likely N-dealkylation sites (tertiary alicyclic amines) is 1. The third kappa shape index (κ3) is 6.90. The van der Waals surface area contributed by atoms with Crippen molar-refractivity contribution < 1.29 is 9.53 Å². The predicted octanol–water partition coefficient (Wildman–Crippen LogP) is 4.81. The van der Waals surface area contributed by atoms with Crippen LogP contribution in [0.5, 0.6) is 0 Å². The zero-order chi connectivity index (χ0) is 24.8. The molecule has 174 valence electrons. The normalized spacial score (nSPS) is 13.8. The fourth-order valence-corrected chi connectivity index (χ4v) is 3.47. The SMILES string of the molecule is C=C/C=C(/C#CC)N=C.Cn1c(C2CN(C(=O)OC(C)(C)C)C2)nc2cc(Br)ccc2c1=O. The lowest BCUT2D eigenvalue weighted by Gasteiger charge is -2.39. The minimum atomic E-state index is -0.511. The molecule has 0 spiro atoms. The minimum absolute atomic E-state index is 0.0404. The first-order chi connectivity index (χ1) is 15.5. The van der Waals surface area contributed by atoms with E-state index in [4.69, 9.17) is 4.74 Å². The van der Waals surface area contributed by atoms with Gasteiger partial charge in [-0.3, -0.25) is 14.4 Å². The Kier molecular flexibility index (Phi) is 8.77. The van der Waals surface area contributed by atoms with Gasteiger partial charge in [0.2, 0.25) is 0 Å². The van der Waals surface area contributed by atoms with Crippen LogP contribution in [0.15, 0.2) is 56.9 Å². The van der Waals surface area contributed by atoms with Crippen molar-refractivity contribution in [2.45, 2.75) is 39.2 Å². The molecule has 0 N–H and O–H groups in total. The number of hydrogen-bond donors (Lipinski definition) is 0. The molecule has 0 unspecified atom stereocenters. The number of nitrogens with zero attached hydrogens (tertiary/aromatic N) is 4. The van der Waals surface area contributed by atoms with Crippen LogP contribution in [0.3, 0.4) is 0 Å². The second-order valence-electron chi connectivity index (χ2n) is 8.40. The molecular weight excluding hydrogens is 484 g/mol. The van der Waals surface area contributed by atoms with E-state index in [1.165, 1.54) is 0 Å². The lowest BCUT2D eigenvalue weighted by molar-refractivity contribution is 0.00722. The quantitative estimate of drug-likeness (QED) is 0.335. The number of fused-ring (bicyclic) bond motifs is 1. The van der Waals surface area contributed by atoms with Crippen molar-refractivity contribution in [1.29, 1.82) is 0 Å². The van der Waals surface area contributed by atoms with Crippen molar-refractivity contribution in [3.63, 3.8) is 0 Å². The van der Waals surface area contributed by atoms with Crippen LogP contribution < -0.4 is 5.56 Å². The van der Waals surface area contributed by atoms with Crippen molar-refractivity contribution in [3.05, 3.63) is 63.3 Å². The van der Waals surface area contributed by atoms with E-state index in [1.54, 1.807) is 41.7 Å². The summed E-state index contributed by atoms with van der Waals surface area (Å²) < 4.78 is 7.81. The maximum absolute atomic E-state index is 12.5. The zero-order valence-corrected chi connectivity index (χ0v) is 21.3. The predicted molar refractivity (Wildman–Crippen MR) is 137 cm³/mol. The summed E-state index contributed by atoms with van der Waals surface area (Å²) in [6.45, 7) is 15.1. The van der Waals surface area contributed by atoms with E-state index >= 15 is 0 Å². The van der Waals surface area contributed by atoms with E-state index in [0.29, 0.717) is 35.5 Å². The van der Waals surface area contributed by atoms with Crippen molar-refractivity contribution >= 4 is 39.6 Å². The second-order valence-corrected chi connectivity index (χ2v) is 9.31. The molecule has 0 radical (unpaired) electrons. The Morgan fingerprint density at radius 1 is 1.36 bits per heavy atom. The van der Waals surface area contributed by atoms with Gasteiger partial charge in [0.1, 0.15) is 17.1 Å². The van der Waals surface area contributed by atoms with Crippen molar-refractivity contribution in [3.8, 4) is 11.8 Å². The Morgan fingerprint density at radius 2 is 2.03 bits per heavy atom. The van der Waals surface area contributed by atoms with Crippen LogP contribution in [0, 0.1) is 11.8 Å². The molecule has 2 aromatic rings. The Hall–Kier alpha value is -3.18. The van der Waals surface area contributed by atoms with Crippen LogP contribution in [-0.2, 0) is 11.8 Å². The van der Waals surface area contributed by atoms with Crippen LogP contribution in [0.25, 0.3) is 10.9 Å². The van der Waals surface area contributed by atoms with E-state index in [0.717, 1.165) is 4.47 Å². The summed E-state index contributed by atoms with van der Waals surface area (Å²) in [5, 5.41) is 0.591. The molecule has 2 heterocycles. The summed E-state index contributed by atoms with van der Waals surface area (Å²) in [5.74, 6) is 6.19. The largest absolute Gasteiger partial charge is 0.444 e. The number of ether oxygens (including phenoxy) is 1. The number of hydrogen-bond acceptors (Lipinski definition) is 5. The highest BCUT2D eigenvalue weighted by molar-refractivity contribution is 9.10. The Bertz CT molecular complexity index is 1210. The molecule has 1 fully saturated rings. The molecule has 1 saturated heterocycles. The number of amides is 1. The first-order valence-corrected chi connectivity index (χ1v) is 11.2. The lowest BCUT2D eigenvalue weighted by atomic mass is 9.99.